The van der Waals surface area contributed by atoms with Crippen molar-refractivity contribution >= 4 is 28.5 Å². The summed E-state index contributed by atoms with van der Waals surface area (Å²) in [7, 11) is -0.968. The predicted octanol–water partition coefficient (Wildman–Crippen LogP) is 7.35. The second kappa shape index (κ2) is 12.4. The van der Waals surface area contributed by atoms with Gasteiger partial charge < -0.3 is 0 Å². The minimum absolute atomic E-state index is 0.208. The Balaban J connectivity index is 0.00000176. The van der Waals surface area contributed by atoms with Crippen molar-refractivity contribution in [1.82, 2.24) is 0 Å². The van der Waals surface area contributed by atoms with Crippen molar-refractivity contribution in [3.05, 3.63) is 71.0 Å². The SMILES string of the molecule is CC.CC/C=C(\CCC)c1cc(F)ccc1/C=C\c1ccc(S(C)=O)cc1. The lowest BCUT2D eigenvalue weighted by molar-refractivity contribution is 0.627. The minimum atomic E-state index is -0.968. The van der Waals surface area contributed by atoms with Gasteiger partial charge in [-0.05, 0) is 59.4 Å². The Bertz CT molecular complexity index is 789. The largest absolute Gasteiger partial charge is 0.255 e. The fourth-order valence-corrected chi connectivity index (χ4v) is 3.29. The molecule has 27 heavy (non-hydrogen) atoms. The van der Waals surface area contributed by atoms with E-state index in [1.54, 1.807) is 12.3 Å². The summed E-state index contributed by atoms with van der Waals surface area (Å²) >= 11 is 0. The van der Waals surface area contributed by atoms with Crippen LogP contribution in [0.15, 0.2) is 53.4 Å². The monoisotopic (exact) mass is 386 g/mol. The third kappa shape index (κ3) is 7.26. The maximum Gasteiger partial charge on any atom is 0.123 e. The van der Waals surface area contributed by atoms with Gasteiger partial charge >= 0.3 is 0 Å². The zero-order valence-electron chi connectivity index (χ0n) is 17.1. The van der Waals surface area contributed by atoms with Crippen molar-refractivity contribution in [2.24, 2.45) is 0 Å². The lowest BCUT2D eigenvalue weighted by atomic mass is 9.94. The molecule has 0 amide bonds. The first-order valence-electron chi connectivity index (χ1n) is 9.65. The van der Waals surface area contributed by atoms with Crippen molar-refractivity contribution < 1.29 is 8.60 Å². The van der Waals surface area contributed by atoms with E-state index in [1.165, 1.54) is 11.6 Å². The van der Waals surface area contributed by atoms with E-state index in [1.807, 2.05) is 56.3 Å². The molecular weight excluding hydrogens is 355 g/mol. The Hall–Kier alpha value is -2.00. The van der Waals surface area contributed by atoms with Crippen molar-refractivity contribution in [3.63, 3.8) is 0 Å². The molecule has 0 saturated carbocycles. The third-order valence-corrected chi connectivity index (χ3v) is 4.93. The van der Waals surface area contributed by atoms with E-state index in [4.69, 9.17) is 0 Å². The van der Waals surface area contributed by atoms with E-state index in [0.717, 1.165) is 40.8 Å². The maximum absolute atomic E-state index is 13.8. The van der Waals surface area contributed by atoms with E-state index in [9.17, 15) is 8.60 Å². The molecule has 0 aliphatic rings. The Labute approximate surface area is 166 Å². The first kappa shape index (κ1) is 23.0. The first-order chi connectivity index (χ1) is 13.0. The van der Waals surface area contributed by atoms with Gasteiger partial charge in [-0.3, -0.25) is 4.21 Å². The van der Waals surface area contributed by atoms with Gasteiger partial charge in [-0.25, -0.2) is 4.39 Å². The van der Waals surface area contributed by atoms with Crippen LogP contribution in [0.4, 0.5) is 4.39 Å². The number of rotatable bonds is 7. The highest BCUT2D eigenvalue weighted by molar-refractivity contribution is 7.84. The molecule has 146 valence electrons. The van der Waals surface area contributed by atoms with Crippen LogP contribution >= 0.6 is 0 Å². The van der Waals surface area contributed by atoms with Gasteiger partial charge in [0, 0.05) is 22.0 Å². The second-order valence-electron chi connectivity index (χ2n) is 5.98. The summed E-state index contributed by atoms with van der Waals surface area (Å²) in [6, 6.07) is 12.6. The van der Waals surface area contributed by atoms with E-state index < -0.39 is 10.8 Å². The van der Waals surface area contributed by atoms with Crippen LogP contribution in [0.2, 0.25) is 0 Å². The van der Waals surface area contributed by atoms with Crippen LogP contribution in [-0.4, -0.2) is 10.5 Å². The van der Waals surface area contributed by atoms with Crippen molar-refractivity contribution in [3.8, 4) is 0 Å². The maximum atomic E-state index is 13.8. The summed E-state index contributed by atoms with van der Waals surface area (Å²) in [5.41, 5.74) is 4.20. The van der Waals surface area contributed by atoms with Gasteiger partial charge in [0.25, 0.3) is 0 Å². The topological polar surface area (TPSA) is 17.1 Å². The van der Waals surface area contributed by atoms with Crippen LogP contribution in [0.25, 0.3) is 17.7 Å². The van der Waals surface area contributed by atoms with Gasteiger partial charge in [-0.2, -0.15) is 0 Å². The lowest BCUT2D eigenvalue weighted by Crippen LogP contribution is -1.91. The molecule has 3 heteroatoms. The highest BCUT2D eigenvalue weighted by Gasteiger charge is 2.07. The summed E-state index contributed by atoms with van der Waals surface area (Å²) < 4.78 is 25.3. The summed E-state index contributed by atoms with van der Waals surface area (Å²) in [6.07, 6.45) is 10.8. The fourth-order valence-electron chi connectivity index (χ4n) is 2.77. The standard InChI is InChI=1S/C22H25FOS.C2H6/c1-4-6-18(7-5-2)22-16-20(23)13-12-19(22)11-8-17-9-14-21(15-10-17)25(3)24;1-2/h6,8-16H,4-5,7H2,1-3H3;1-2H3/b11-8-,18-6+;. The molecule has 1 nitrogen and oxygen atoms in total. The van der Waals surface area contributed by atoms with Crippen molar-refractivity contribution in [2.75, 3.05) is 6.26 Å². The summed E-state index contributed by atoms with van der Waals surface area (Å²) in [4.78, 5) is 0.815. The molecule has 0 spiro atoms. The molecule has 0 fully saturated rings. The second-order valence-corrected chi connectivity index (χ2v) is 7.36. The van der Waals surface area contributed by atoms with Crippen LogP contribution in [0.5, 0.6) is 0 Å². The molecule has 0 radical (unpaired) electrons. The Morgan fingerprint density at radius 3 is 2.26 bits per heavy atom. The summed E-state index contributed by atoms with van der Waals surface area (Å²) in [5.74, 6) is -0.208. The minimum Gasteiger partial charge on any atom is -0.255 e. The van der Waals surface area contributed by atoms with Gasteiger partial charge in [0.1, 0.15) is 5.82 Å². The van der Waals surface area contributed by atoms with Gasteiger partial charge in [0.2, 0.25) is 0 Å². The molecule has 0 heterocycles. The van der Waals surface area contributed by atoms with E-state index in [-0.39, 0.29) is 5.82 Å². The zero-order chi connectivity index (χ0) is 20.2. The van der Waals surface area contributed by atoms with Crippen molar-refractivity contribution in [1.29, 1.82) is 0 Å². The normalized spacial score (nSPS) is 12.6. The molecule has 0 saturated heterocycles. The van der Waals surface area contributed by atoms with E-state index in [2.05, 4.69) is 19.9 Å². The first-order valence-corrected chi connectivity index (χ1v) is 11.2. The number of benzene rings is 2. The van der Waals surface area contributed by atoms with Crippen LogP contribution < -0.4 is 0 Å². The molecule has 0 aromatic heterocycles. The molecule has 2 rings (SSSR count). The predicted molar refractivity (Wildman–Crippen MR) is 119 cm³/mol. The molecule has 2 aromatic rings. The number of hydrogen-bond donors (Lipinski definition) is 0. The fraction of sp³-hybridized carbons (Fsp3) is 0.333. The van der Waals surface area contributed by atoms with E-state index in [0.29, 0.717) is 0 Å². The highest BCUT2D eigenvalue weighted by atomic mass is 32.2. The average molecular weight is 387 g/mol. The van der Waals surface area contributed by atoms with Gasteiger partial charge in [0.15, 0.2) is 0 Å². The molecule has 2 aromatic carbocycles. The molecule has 0 aliphatic heterocycles. The number of halogens is 1. The van der Waals surface area contributed by atoms with Gasteiger partial charge in [0.05, 0.1) is 0 Å². The highest BCUT2D eigenvalue weighted by Crippen LogP contribution is 2.27. The average Bonchev–Trinajstić information content (AvgIpc) is 2.68. The number of hydrogen-bond acceptors (Lipinski definition) is 1. The molecule has 0 N–H and O–H groups in total. The lowest BCUT2D eigenvalue weighted by Gasteiger charge is -2.11. The third-order valence-electron chi connectivity index (χ3n) is 4.00. The number of allylic oxidation sites excluding steroid dienone is 2. The molecule has 0 bridgehead atoms. The smallest absolute Gasteiger partial charge is 0.123 e. The Morgan fingerprint density at radius 2 is 1.70 bits per heavy atom. The zero-order valence-corrected chi connectivity index (χ0v) is 17.9. The van der Waals surface area contributed by atoms with Crippen LogP contribution in [-0.2, 0) is 10.8 Å². The van der Waals surface area contributed by atoms with Crippen LogP contribution in [0, 0.1) is 5.82 Å². The van der Waals surface area contributed by atoms with Crippen LogP contribution in [0.1, 0.15) is 63.6 Å². The quantitative estimate of drug-likeness (QED) is 0.454. The molecule has 1 atom stereocenters. The Kier molecular flexibility index (Phi) is 10.6. The van der Waals surface area contributed by atoms with Crippen molar-refractivity contribution in [2.45, 2.75) is 51.9 Å². The summed E-state index contributed by atoms with van der Waals surface area (Å²) in [6.45, 7) is 8.24. The van der Waals surface area contributed by atoms with E-state index >= 15 is 0 Å². The molecular formula is C24H31FOS. The van der Waals surface area contributed by atoms with Crippen LogP contribution in [0.3, 0.4) is 0 Å². The molecule has 1 unspecified atom stereocenters. The Morgan fingerprint density at radius 1 is 1.04 bits per heavy atom. The van der Waals surface area contributed by atoms with Gasteiger partial charge in [-0.1, -0.05) is 70.5 Å². The molecule has 0 aliphatic carbocycles. The van der Waals surface area contributed by atoms with Gasteiger partial charge in [-0.15, -0.1) is 0 Å². The summed E-state index contributed by atoms with van der Waals surface area (Å²) in [5, 5.41) is 0.